The lowest BCUT2D eigenvalue weighted by molar-refractivity contribution is 0.239. The Morgan fingerprint density at radius 3 is 3.00 bits per heavy atom. The number of aliphatic hydroxyl groups excluding tert-OH is 1. The maximum atomic E-state index is 12.0. The first-order valence-corrected chi connectivity index (χ1v) is 7.85. The molecule has 0 aromatic heterocycles. The van der Waals surface area contributed by atoms with Gasteiger partial charge in [0.15, 0.2) is 5.29 Å². The van der Waals surface area contributed by atoms with Gasteiger partial charge in [0.1, 0.15) is 11.1 Å². The molecule has 0 amide bonds. The third-order valence-electron chi connectivity index (χ3n) is 3.29. The number of amidine groups is 2. The number of fused-ring (bicyclic) bond motifs is 1. The summed E-state index contributed by atoms with van der Waals surface area (Å²) in [5.41, 5.74) is 0. The van der Waals surface area contributed by atoms with Gasteiger partial charge in [0.2, 0.25) is 0 Å². The first-order chi connectivity index (χ1) is 8.52. The number of hydrogen-bond donors (Lipinski definition) is 2. The van der Waals surface area contributed by atoms with Crippen LogP contribution in [-0.2, 0) is 10.8 Å². The van der Waals surface area contributed by atoms with E-state index in [4.69, 9.17) is 11.6 Å². The molecule has 0 saturated carbocycles. The van der Waals surface area contributed by atoms with Gasteiger partial charge in [-0.1, -0.05) is 13.8 Å². The second kappa shape index (κ2) is 5.67. The van der Waals surface area contributed by atoms with Gasteiger partial charge in [0.05, 0.1) is 18.7 Å². The second-order valence-electron chi connectivity index (χ2n) is 4.91. The molecule has 2 N–H and O–H groups in total. The summed E-state index contributed by atoms with van der Waals surface area (Å²) in [5, 5.41) is 12.3. The van der Waals surface area contributed by atoms with Crippen LogP contribution in [0.4, 0.5) is 0 Å². The zero-order chi connectivity index (χ0) is 13.3. The van der Waals surface area contributed by atoms with Gasteiger partial charge in [-0.15, -0.1) is 0 Å². The molecule has 0 bridgehead atoms. The summed E-state index contributed by atoms with van der Waals surface area (Å²) < 4.78 is 12.0. The molecule has 0 aromatic carbocycles. The summed E-state index contributed by atoms with van der Waals surface area (Å²) in [6.07, 6.45) is 0.777. The topological polar surface area (TPSA) is 74.1 Å². The van der Waals surface area contributed by atoms with Crippen LogP contribution in [0.2, 0.25) is 0 Å². The Hall–Kier alpha value is -0.460. The van der Waals surface area contributed by atoms with E-state index in [1.807, 2.05) is 13.8 Å². The van der Waals surface area contributed by atoms with Gasteiger partial charge in [0.25, 0.3) is 0 Å². The van der Waals surface area contributed by atoms with Gasteiger partial charge in [-0.05, 0) is 23.9 Å². The van der Waals surface area contributed by atoms with Crippen molar-refractivity contribution < 1.29 is 9.32 Å². The van der Waals surface area contributed by atoms with Crippen LogP contribution >= 0.6 is 11.6 Å². The predicted octanol–water partition coefficient (Wildman–Crippen LogP) is 0.489. The van der Waals surface area contributed by atoms with Gasteiger partial charge in [-0.3, -0.25) is 14.2 Å². The summed E-state index contributed by atoms with van der Waals surface area (Å²) in [5.74, 6) is 1.47. The number of nitrogens with zero attached hydrogens (tertiary/aromatic N) is 2. The van der Waals surface area contributed by atoms with Crippen molar-refractivity contribution in [3.8, 4) is 0 Å². The van der Waals surface area contributed by atoms with E-state index in [-0.39, 0.29) is 29.9 Å². The van der Waals surface area contributed by atoms with E-state index < -0.39 is 10.8 Å². The normalized spacial score (nSPS) is 35.3. The molecule has 7 heteroatoms. The number of hydrogen-bond acceptors (Lipinski definition) is 4. The summed E-state index contributed by atoms with van der Waals surface area (Å²) in [6, 6.07) is -0.238. The standard InChI is InChI=1S/C11H18ClN3O2S/c1-6(2)8(5-16)13-10-9-7(3-4-18(9)17)14-11(12)15-10/h6-9,16H,3-5H2,1-2H3,(H,13,14,15). The summed E-state index contributed by atoms with van der Waals surface area (Å²) in [7, 11) is -0.957. The van der Waals surface area contributed by atoms with E-state index in [9.17, 15) is 9.32 Å². The van der Waals surface area contributed by atoms with Crippen LogP contribution in [0.15, 0.2) is 9.98 Å². The Kier molecular flexibility index (Phi) is 4.40. The molecule has 0 aliphatic carbocycles. The van der Waals surface area contributed by atoms with E-state index in [1.165, 1.54) is 0 Å². The zero-order valence-corrected chi connectivity index (χ0v) is 12.0. The second-order valence-corrected chi connectivity index (χ2v) is 6.95. The molecule has 102 valence electrons. The summed E-state index contributed by atoms with van der Waals surface area (Å²) in [4.78, 5) is 8.75. The third kappa shape index (κ3) is 2.75. The van der Waals surface area contributed by atoms with Crippen molar-refractivity contribution in [3.63, 3.8) is 0 Å². The average molecular weight is 292 g/mol. The molecule has 2 aliphatic rings. The van der Waals surface area contributed by atoms with Crippen molar-refractivity contribution in [2.45, 2.75) is 37.6 Å². The lowest BCUT2D eigenvalue weighted by atomic mass is 10.1. The van der Waals surface area contributed by atoms with Crippen LogP contribution in [0, 0.1) is 5.92 Å². The number of aliphatic hydroxyl groups is 1. The molecular formula is C11H18ClN3O2S. The molecule has 0 radical (unpaired) electrons. The monoisotopic (exact) mass is 291 g/mol. The molecule has 1 saturated heterocycles. The minimum Gasteiger partial charge on any atom is -0.394 e. The molecule has 1 fully saturated rings. The van der Waals surface area contributed by atoms with E-state index in [0.29, 0.717) is 16.9 Å². The lowest BCUT2D eigenvalue weighted by Crippen LogP contribution is -2.48. The van der Waals surface area contributed by atoms with E-state index in [2.05, 4.69) is 15.3 Å². The molecule has 4 unspecified atom stereocenters. The van der Waals surface area contributed by atoms with Gasteiger partial charge < -0.3 is 10.4 Å². The van der Waals surface area contributed by atoms with Gasteiger partial charge >= 0.3 is 0 Å². The number of halogens is 1. The first kappa shape index (κ1) is 14.0. The maximum Gasteiger partial charge on any atom is 0.197 e. The van der Waals surface area contributed by atoms with Crippen LogP contribution in [0.1, 0.15) is 20.3 Å². The van der Waals surface area contributed by atoms with E-state index in [0.717, 1.165) is 6.42 Å². The molecule has 5 nitrogen and oxygen atoms in total. The van der Waals surface area contributed by atoms with Crippen molar-refractivity contribution in [2.24, 2.45) is 15.9 Å². The van der Waals surface area contributed by atoms with Crippen LogP contribution < -0.4 is 5.32 Å². The van der Waals surface area contributed by atoms with E-state index in [1.54, 1.807) is 0 Å². The predicted molar refractivity (Wildman–Crippen MR) is 74.8 cm³/mol. The molecule has 2 aliphatic heterocycles. The molecule has 18 heavy (non-hydrogen) atoms. The average Bonchev–Trinajstić information content (AvgIpc) is 2.67. The highest BCUT2D eigenvalue weighted by atomic mass is 35.5. The molecule has 0 spiro atoms. The Morgan fingerprint density at radius 1 is 1.67 bits per heavy atom. The van der Waals surface area contributed by atoms with Gasteiger partial charge in [0, 0.05) is 16.6 Å². The van der Waals surface area contributed by atoms with Crippen LogP contribution in [-0.4, -0.2) is 50.1 Å². The number of aliphatic imine (C=N–C) groups is 2. The largest absolute Gasteiger partial charge is 0.394 e. The van der Waals surface area contributed by atoms with Crippen LogP contribution in [0.5, 0.6) is 0 Å². The Balaban J connectivity index is 2.28. The smallest absolute Gasteiger partial charge is 0.197 e. The van der Waals surface area contributed by atoms with Crippen LogP contribution in [0.25, 0.3) is 0 Å². The Labute approximate surface area is 114 Å². The van der Waals surface area contributed by atoms with Crippen LogP contribution in [0.3, 0.4) is 0 Å². The minimum atomic E-state index is -0.957. The SMILES string of the molecule is CC(C)C(CO)N=C1NC(Cl)=NC2CCS(=O)C12. The quantitative estimate of drug-likeness (QED) is 0.743. The Morgan fingerprint density at radius 2 is 2.39 bits per heavy atom. The van der Waals surface area contributed by atoms with Crippen molar-refractivity contribution in [1.82, 2.24) is 5.32 Å². The van der Waals surface area contributed by atoms with Crippen molar-refractivity contribution in [2.75, 3.05) is 12.4 Å². The summed E-state index contributed by atoms with van der Waals surface area (Å²) in [6.45, 7) is 3.96. The molecule has 4 atom stereocenters. The lowest BCUT2D eigenvalue weighted by Gasteiger charge is -2.25. The number of rotatable bonds is 3. The fourth-order valence-electron chi connectivity index (χ4n) is 2.17. The Bertz CT molecular complexity index is 411. The third-order valence-corrected chi connectivity index (χ3v) is 5.22. The van der Waals surface area contributed by atoms with Gasteiger partial charge in [-0.2, -0.15) is 0 Å². The first-order valence-electron chi connectivity index (χ1n) is 6.09. The number of nitrogens with one attached hydrogen (secondary N) is 1. The molecule has 0 aromatic rings. The molecule has 2 rings (SSSR count). The highest BCUT2D eigenvalue weighted by Gasteiger charge is 2.41. The highest BCUT2D eigenvalue weighted by molar-refractivity contribution is 7.86. The minimum absolute atomic E-state index is 0.0262. The van der Waals surface area contributed by atoms with Crippen molar-refractivity contribution >= 4 is 33.5 Å². The maximum absolute atomic E-state index is 12.0. The molecular weight excluding hydrogens is 274 g/mol. The van der Waals surface area contributed by atoms with Crippen molar-refractivity contribution in [1.29, 1.82) is 0 Å². The highest BCUT2D eigenvalue weighted by Crippen LogP contribution is 2.25. The fourth-order valence-corrected chi connectivity index (χ4v) is 4.04. The summed E-state index contributed by atoms with van der Waals surface area (Å²) >= 11 is 5.93. The van der Waals surface area contributed by atoms with E-state index >= 15 is 0 Å². The van der Waals surface area contributed by atoms with Gasteiger partial charge in [-0.25, -0.2) is 0 Å². The van der Waals surface area contributed by atoms with Crippen molar-refractivity contribution in [3.05, 3.63) is 0 Å². The fraction of sp³-hybridized carbons (Fsp3) is 0.818. The zero-order valence-electron chi connectivity index (χ0n) is 10.5. The molecule has 2 heterocycles.